The fourth-order valence-corrected chi connectivity index (χ4v) is 3.41. The zero-order chi connectivity index (χ0) is 21.0. The van der Waals surface area contributed by atoms with Crippen LogP contribution in [0.4, 0.5) is 5.69 Å². The maximum absolute atomic E-state index is 13.1. The standard InChI is InChI=1S/C21H25N3O5.ClH/c1-27-17-8-7-16(18(28-2)19(17)29-3)21(26)24-11-9-23(10-12-24)20(25)14-5-4-6-15(22)13-14;/h4-8,13H,9-12,22H2,1-3H3;1H. The minimum absolute atomic E-state index is 0. The molecule has 1 fully saturated rings. The summed E-state index contributed by atoms with van der Waals surface area (Å²) in [7, 11) is 4.50. The summed E-state index contributed by atoms with van der Waals surface area (Å²) in [4.78, 5) is 29.2. The predicted molar refractivity (Wildman–Crippen MR) is 116 cm³/mol. The second-order valence-corrected chi connectivity index (χ2v) is 6.59. The lowest BCUT2D eigenvalue weighted by atomic mass is 10.1. The van der Waals surface area contributed by atoms with Crippen molar-refractivity contribution in [2.24, 2.45) is 0 Å². The normalized spacial score (nSPS) is 13.3. The Bertz CT molecular complexity index is 914. The van der Waals surface area contributed by atoms with Gasteiger partial charge in [0.25, 0.3) is 11.8 Å². The van der Waals surface area contributed by atoms with Gasteiger partial charge in [0, 0.05) is 37.4 Å². The Morgan fingerprint density at radius 3 is 1.97 bits per heavy atom. The molecule has 0 aromatic heterocycles. The zero-order valence-corrected chi connectivity index (χ0v) is 18.0. The summed E-state index contributed by atoms with van der Waals surface area (Å²) >= 11 is 0. The van der Waals surface area contributed by atoms with E-state index in [4.69, 9.17) is 19.9 Å². The molecule has 0 unspecified atom stereocenters. The van der Waals surface area contributed by atoms with Gasteiger partial charge in [-0.3, -0.25) is 9.59 Å². The maximum Gasteiger partial charge on any atom is 0.257 e. The van der Waals surface area contributed by atoms with Gasteiger partial charge in [0.15, 0.2) is 11.5 Å². The fraction of sp³-hybridized carbons (Fsp3) is 0.333. The number of amides is 2. The van der Waals surface area contributed by atoms with Gasteiger partial charge in [0.05, 0.1) is 26.9 Å². The SMILES string of the molecule is COc1ccc(C(=O)N2CCN(C(=O)c3cccc(N)c3)CC2)c(OC)c1OC.Cl. The first kappa shape index (κ1) is 23.2. The molecule has 0 atom stereocenters. The molecule has 1 aliphatic rings. The number of anilines is 1. The quantitative estimate of drug-likeness (QED) is 0.724. The molecular formula is C21H26ClN3O5. The molecule has 30 heavy (non-hydrogen) atoms. The van der Waals surface area contributed by atoms with E-state index in [1.54, 1.807) is 46.2 Å². The Morgan fingerprint density at radius 2 is 1.43 bits per heavy atom. The van der Waals surface area contributed by atoms with Crippen molar-refractivity contribution < 1.29 is 23.8 Å². The molecule has 0 aliphatic carbocycles. The monoisotopic (exact) mass is 435 g/mol. The molecule has 0 spiro atoms. The molecule has 0 bridgehead atoms. The molecule has 2 amide bonds. The van der Waals surface area contributed by atoms with Crippen molar-refractivity contribution in [2.75, 3.05) is 53.2 Å². The van der Waals surface area contributed by atoms with Gasteiger partial charge >= 0.3 is 0 Å². The number of nitrogen functional groups attached to an aromatic ring is 1. The van der Waals surface area contributed by atoms with E-state index >= 15 is 0 Å². The molecule has 162 valence electrons. The second kappa shape index (κ2) is 10.1. The van der Waals surface area contributed by atoms with Crippen molar-refractivity contribution in [2.45, 2.75) is 0 Å². The molecule has 8 nitrogen and oxygen atoms in total. The van der Waals surface area contributed by atoms with Crippen molar-refractivity contribution in [3.8, 4) is 17.2 Å². The third-order valence-electron chi connectivity index (χ3n) is 4.92. The Balaban J connectivity index is 0.00000320. The number of carbonyl (C=O) groups is 2. The summed E-state index contributed by atoms with van der Waals surface area (Å²) in [5, 5.41) is 0. The van der Waals surface area contributed by atoms with E-state index in [1.165, 1.54) is 21.3 Å². The number of nitrogens with zero attached hydrogens (tertiary/aromatic N) is 2. The van der Waals surface area contributed by atoms with E-state index in [2.05, 4.69) is 0 Å². The van der Waals surface area contributed by atoms with Crippen molar-refractivity contribution in [3.63, 3.8) is 0 Å². The van der Waals surface area contributed by atoms with Crippen molar-refractivity contribution in [1.82, 2.24) is 9.80 Å². The number of ether oxygens (including phenoxy) is 3. The largest absolute Gasteiger partial charge is 0.493 e. The van der Waals surface area contributed by atoms with Gasteiger partial charge in [-0.25, -0.2) is 0 Å². The minimum Gasteiger partial charge on any atom is -0.493 e. The Kier molecular flexibility index (Phi) is 7.77. The third kappa shape index (κ3) is 4.54. The van der Waals surface area contributed by atoms with Crippen LogP contribution in [-0.4, -0.2) is 69.1 Å². The van der Waals surface area contributed by atoms with Gasteiger partial charge in [-0.05, 0) is 30.3 Å². The topological polar surface area (TPSA) is 94.3 Å². The number of hydrogen-bond acceptors (Lipinski definition) is 6. The molecule has 3 rings (SSSR count). The summed E-state index contributed by atoms with van der Waals surface area (Å²) in [5.41, 5.74) is 7.25. The highest BCUT2D eigenvalue weighted by atomic mass is 35.5. The summed E-state index contributed by atoms with van der Waals surface area (Å²) < 4.78 is 16.0. The zero-order valence-electron chi connectivity index (χ0n) is 17.2. The first-order valence-corrected chi connectivity index (χ1v) is 9.23. The highest BCUT2D eigenvalue weighted by Crippen LogP contribution is 2.40. The molecular weight excluding hydrogens is 410 g/mol. The van der Waals surface area contributed by atoms with Crippen LogP contribution < -0.4 is 19.9 Å². The molecule has 2 N–H and O–H groups in total. The van der Waals surface area contributed by atoms with E-state index in [9.17, 15) is 9.59 Å². The molecule has 0 saturated carbocycles. The maximum atomic E-state index is 13.1. The van der Waals surface area contributed by atoms with Crippen molar-refractivity contribution in [1.29, 1.82) is 0 Å². The summed E-state index contributed by atoms with van der Waals surface area (Å²) in [5.74, 6) is 0.914. The number of rotatable bonds is 5. The van der Waals surface area contributed by atoms with Gasteiger partial charge in [0.2, 0.25) is 5.75 Å². The van der Waals surface area contributed by atoms with Crippen molar-refractivity contribution >= 4 is 29.9 Å². The molecule has 1 saturated heterocycles. The lowest BCUT2D eigenvalue weighted by Crippen LogP contribution is -2.50. The Hall–Kier alpha value is -3.13. The average molecular weight is 436 g/mol. The van der Waals surface area contributed by atoms with E-state index in [0.29, 0.717) is 60.2 Å². The Morgan fingerprint density at radius 1 is 0.833 bits per heavy atom. The van der Waals surface area contributed by atoms with Crippen LogP contribution in [0.3, 0.4) is 0 Å². The van der Waals surface area contributed by atoms with E-state index in [0.717, 1.165) is 0 Å². The number of hydrogen-bond donors (Lipinski definition) is 1. The molecule has 2 aromatic carbocycles. The molecule has 0 radical (unpaired) electrons. The number of carbonyl (C=O) groups excluding carboxylic acids is 2. The lowest BCUT2D eigenvalue weighted by Gasteiger charge is -2.35. The van der Waals surface area contributed by atoms with E-state index in [1.807, 2.05) is 0 Å². The molecule has 2 aromatic rings. The number of nitrogens with two attached hydrogens (primary N) is 1. The Labute approximate surface area is 181 Å². The first-order chi connectivity index (χ1) is 14.0. The van der Waals surface area contributed by atoms with Crippen LogP contribution in [0.15, 0.2) is 36.4 Å². The minimum atomic E-state index is -0.182. The van der Waals surface area contributed by atoms with Gasteiger partial charge < -0.3 is 29.7 Å². The van der Waals surface area contributed by atoms with Crippen LogP contribution in [0.25, 0.3) is 0 Å². The third-order valence-corrected chi connectivity index (χ3v) is 4.92. The average Bonchev–Trinajstić information content (AvgIpc) is 2.77. The fourth-order valence-electron chi connectivity index (χ4n) is 3.41. The number of methoxy groups -OCH3 is 3. The van der Waals surface area contributed by atoms with Gasteiger partial charge in [-0.2, -0.15) is 0 Å². The van der Waals surface area contributed by atoms with Crippen LogP contribution >= 0.6 is 12.4 Å². The van der Waals surface area contributed by atoms with E-state index in [-0.39, 0.29) is 24.2 Å². The molecule has 9 heteroatoms. The lowest BCUT2D eigenvalue weighted by molar-refractivity contribution is 0.0533. The van der Waals surface area contributed by atoms with E-state index < -0.39 is 0 Å². The first-order valence-electron chi connectivity index (χ1n) is 9.23. The number of piperazine rings is 1. The van der Waals surface area contributed by atoms with Crippen molar-refractivity contribution in [3.05, 3.63) is 47.5 Å². The van der Waals surface area contributed by atoms with Crippen LogP contribution in [0, 0.1) is 0 Å². The summed E-state index contributed by atoms with van der Waals surface area (Å²) in [6, 6.07) is 10.2. The summed E-state index contributed by atoms with van der Waals surface area (Å²) in [6.45, 7) is 1.72. The number of halogens is 1. The molecule has 1 heterocycles. The van der Waals surface area contributed by atoms with Crippen LogP contribution in [0.2, 0.25) is 0 Å². The van der Waals surface area contributed by atoms with Gasteiger partial charge in [-0.1, -0.05) is 6.07 Å². The van der Waals surface area contributed by atoms with Crippen LogP contribution in [0.1, 0.15) is 20.7 Å². The highest BCUT2D eigenvalue weighted by Gasteiger charge is 2.29. The van der Waals surface area contributed by atoms with Gasteiger partial charge in [-0.15, -0.1) is 12.4 Å². The second-order valence-electron chi connectivity index (χ2n) is 6.59. The number of benzene rings is 2. The predicted octanol–water partition coefficient (Wildman–Crippen LogP) is 2.31. The highest BCUT2D eigenvalue weighted by molar-refractivity contribution is 5.99. The smallest absolute Gasteiger partial charge is 0.257 e. The van der Waals surface area contributed by atoms with Gasteiger partial charge in [0.1, 0.15) is 0 Å². The van der Waals surface area contributed by atoms with Crippen LogP contribution in [0.5, 0.6) is 17.2 Å². The molecule has 1 aliphatic heterocycles. The van der Waals surface area contributed by atoms with Crippen LogP contribution in [-0.2, 0) is 0 Å². The summed E-state index contributed by atoms with van der Waals surface area (Å²) in [6.07, 6.45) is 0.